The summed E-state index contributed by atoms with van der Waals surface area (Å²) >= 11 is 0. The number of likely N-dealkylation sites (tertiary alicyclic amines) is 1. The third-order valence-corrected chi connectivity index (χ3v) is 7.88. The summed E-state index contributed by atoms with van der Waals surface area (Å²) in [5, 5.41) is 0. The minimum absolute atomic E-state index is 0.218. The van der Waals surface area contributed by atoms with Crippen LogP contribution < -0.4 is 26.0 Å². The molecule has 0 aliphatic carbocycles. The predicted octanol–water partition coefficient (Wildman–Crippen LogP) is 3.95. The van der Waals surface area contributed by atoms with Crippen molar-refractivity contribution in [3.05, 3.63) is 89.5 Å². The zero-order chi connectivity index (χ0) is 25.9. The number of fused-ring (bicyclic) bond motifs is 1. The lowest BCUT2D eigenvalue weighted by atomic mass is 9.97. The number of para-hydroxylation sites is 1. The van der Waals surface area contributed by atoms with Crippen LogP contribution in [0.5, 0.6) is 5.75 Å². The fourth-order valence-corrected chi connectivity index (χ4v) is 5.95. The molecule has 37 heavy (non-hydrogen) atoms. The maximum Gasteiger partial charge on any atom is 0.136 e. The molecular formula is C30H40N6O. The molecule has 0 aromatic heterocycles. The molecule has 7 heteroatoms. The van der Waals surface area contributed by atoms with Crippen LogP contribution in [-0.4, -0.2) is 56.4 Å². The molecule has 4 N–H and O–H groups in total. The zero-order valence-electron chi connectivity index (χ0n) is 22.3. The van der Waals surface area contributed by atoms with Gasteiger partial charge in [0.2, 0.25) is 0 Å². The third kappa shape index (κ3) is 5.18. The number of methoxy groups -OCH3 is 1. The van der Waals surface area contributed by atoms with Crippen molar-refractivity contribution in [2.45, 2.75) is 44.4 Å². The maximum absolute atomic E-state index is 6.99. The number of nitrogens with zero attached hydrogens (tertiary/aromatic N) is 4. The van der Waals surface area contributed by atoms with Gasteiger partial charge in [0.1, 0.15) is 12.0 Å². The van der Waals surface area contributed by atoms with E-state index in [2.05, 4.69) is 106 Å². The summed E-state index contributed by atoms with van der Waals surface area (Å²) in [6.07, 6.45) is 1.55. The van der Waals surface area contributed by atoms with Crippen molar-refractivity contribution in [1.82, 2.24) is 9.80 Å². The van der Waals surface area contributed by atoms with E-state index in [0.717, 1.165) is 56.0 Å². The molecule has 3 aromatic carbocycles. The monoisotopic (exact) mass is 500 g/mol. The van der Waals surface area contributed by atoms with E-state index in [1.807, 2.05) is 0 Å². The van der Waals surface area contributed by atoms with Crippen molar-refractivity contribution < 1.29 is 4.74 Å². The van der Waals surface area contributed by atoms with E-state index in [1.54, 1.807) is 7.11 Å². The lowest BCUT2D eigenvalue weighted by Crippen LogP contribution is -2.64. The van der Waals surface area contributed by atoms with Crippen molar-refractivity contribution >= 4 is 11.4 Å². The largest absolute Gasteiger partial charge is 0.496 e. The summed E-state index contributed by atoms with van der Waals surface area (Å²) in [4.78, 5) is 9.34. The van der Waals surface area contributed by atoms with Crippen LogP contribution >= 0.6 is 0 Å². The Hall–Kier alpha value is -3.10. The van der Waals surface area contributed by atoms with Crippen LogP contribution in [0.25, 0.3) is 0 Å². The molecular weight excluding hydrogens is 460 g/mol. The van der Waals surface area contributed by atoms with Crippen molar-refractivity contribution in [2.75, 3.05) is 44.1 Å². The minimum atomic E-state index is -0.281. The molecule has 2 atom stereocenters. The van der Waals surface area contributed by atoms with E-state index < -0.39 is 0 Å². The molecule has 3 aromatic rings. The molecule has 0 spiro atoms. The molecule has 0 radical (unpaired) electrons. The normalized spacial score (nSPS) is 21.1. The van der Waals surface area contributed by atoms with Gasteiger partial charge in [0, 0.05) is 55.7 Å². The van der Waals surface area contributed by atoms with E-state index in [9.17, 15) is 0 Å². The van der Waals surface area contributed by atoms with Crippen LogP contribution in [0, 0.1) is 0 Å². The number of rotatable bonds is 7. The van der Waals surface area contributed by atoms with Crippen LogP contribution in [-0.2, 0) is 13.1 Å². The van der Waals surface area contributed by atoms with E-state index in [0.29, 0.717) is 6.04 Å². The van der Waals surface area contributed by atoms with Gasteiger partial charge in [0.05, 0.1) is 13.3 Å². The lowest BCUT2D eigenvalue weighted by molar-refractivity contribution is 0.0279. The number of hydrogen-bond donors (Lipinski definition) is 2. The molecule has 2 unspecified atom stereocenters. The first-order chi connectivity index (χ1) is 18.0. The Bertz CT molecular complexity index is 1180. The van der Waals surface area contributed by atoms with Gasteiger partial charge in [0.15, 0.2) is 0 Å². The Balaban J connectivity index is 1.33. The van der Waals surface area contributed by atoms with Gasteiger partial charge in [-0.25, -0.2) is 4.90 Å². The Morgan fingerprint density at radius 1 is 0.865 bits per heavy atom. The average Bonchev–Trinajstić information content (AvgIpc) is 2.92. The summed E-state index contributed by atoms with van der Waals surface area (Å²) < 4.78 is 5.72. The Morgan fingerprint density at radius 2 is 1.57 bits per heavy atom. The van der Waals surface area contributed by atoms with Gasteiger partial charge in [-0.05, 0) is 49.7 Å². The van der Waals surface area contributed by atoms with E-state index in [-0.39, 0.29) is 12.5 Å². The second kappa shape index (κ2) is 11.1. The first-order valence-corrected chi connectivity index (χ1v) is 13.2. The van der Waals surface area contributed by atoms with E-state index in [1.165, 1.54) is 16.8 Å². The minimum Gasteiger partial charge on any atom is -0.496 e. The molecule has 0 amide bonds. The Kier molecular flexibility index (Phi) is 7.67. The molecule has 2 heterocycles. The quantitative estimate of drug-likeness (QED) is 0.509. The highest BCUT2D eigenvalue weighted by atomic mass is 16.5. The van der Waals surface area contributed by atoms with Crippen molar-refractivity contribution in [2.24, 2.45) is 11.5 Å². The lowest BCUT2D eigenvalue weighted by Gasteiger charge is -2.51. The van der Waals surface area contributed by atoms with Crippen LogP contribution in [0.15, 0.2) is 72.8 Å². The fourth-order valence-electron chi connectivity index (χ4n) is 5.95. The molecule has 5 rings (SSSR count). The van der Waals surface area contributed by atoms with Crippen molar-refractivity contribution in [3.63, 3.8) is 0 Å². The number of nitrogens with two attached hydrogens (primary N) is 2. The highest BCUT2D eigenvalue weighted by Crippen LogP contribution is 2.39. The number of ether oxygens (including phenoxy) is 1. The van der Waals surface area contributed by atoms with Gasteiger partial charge in [-0.2, -0.15) is 0 Å². The summed E-state index contributed by atoms with van der Waals surface area (Å²) in [6, 6.07) is 25.6. The molecule has 1 saturated heterocycles. The van der Waals surface area contributed by atoms with Crippen LogP contribution in [0.1, 0.15) is 35.7 Å². The number of hydrogen-bond acceptors (Lipinski definition) is 7. The standard InChI is InChI=1S/C30H40N6O/c1-33(2)26-14-9-15-28(37-3)25(26)21-34-18-16-23(17-19-34)36-29(31)24-12-7-8-13-27(24)35(30(36)32)20-22-10-5-4-6-11-22/h4-15,23,29-30H,16-21,31-32H2,1-3H3. The van der Waals surface area contributed by atoms with Gasteiger partial charge in [-0.1, -0.05) is 54.6 Å². The van der Waals surface area contributed by atoms with Gasteiger partial charge in [-0.3, -0.25) is 10.6 Å². The molecule has 0 saturated carbocycles. The van der Waals surface area contributed by atoms with Gasteiger partial charge in [-0.15, -0.1) is 0 Å². The SMILES string of the molecule is COc1cccc(N(C)C)c1CN1CCC(N2C(N)c3ccccc3N(Cc3ccccc3)C2N)CC1. The number of benzene rings is 3. The van der Waals surface area contributed by atoms with E-state index >= 15 is 0 Å². The second-order valence-electron chi connectivity index (χ2n) is 10.3. The molecule has 7 nitrogen and oxygen atoms in total. The summed E-state index contributed by atoms with van der Waals surface area (Å²) in [6.45, 7) is 3.60. The van der Waals surface area contributed by atoms with Crippen molar-refractivity contribution in [3.8, 4) is 5.75 Å². The van der Waals surface area contributed by atoms with Crippen molar-refractivity contribution in [1.29, 1.82) is 0 Å². The smallest absolute Gasteiger partial charge is 0.136 e. The number of piperidine rings is 1. The van der Waals surface area contributed by atoms with Gasteiger partial charge in [0.25, 0.3) is 0 Å². The summed E-state index contributed by atoms with van der Waals surface area (Å²) in [5.74, 6) is 0.946. The van der Waals surface area contributed by atoms with Gasteiger partial charge < -0.3 is 20.3 Å². The van der Waals surface area contributed by atoms with E-state index in [4.69, 9.17) is 16.2 Å². The third-order valence-electron chi connectivity index (χ3n) is 7.88. The first-order valence-electron chi connectivity index (χ1n) is 13.2. The summed E-state index contributed by atoms with van der Waals surface area (Å²) in [5.41, 5.74) is 19.9. The average molecular weight is 501 g/mol. The van der Waals surface area contributed by atoms with Crippen LogP contribution in [0.2, 0.25) is 0 Å². The summed E-state index contributed by atoms with van der Waals surface area (Å²) in [7, 11) is 5.92. The molecule has 0 bridgehead atoms. The highest BCUT2D eigenvalue weighted by molar-refractivity contribution is 5.59. The number of anilines is 2. The Labute approximate surface area is 221 Å². The first kappa shape index (κ1) is 25.5. The predicted molar refractivity (Wildman–Crippen MR) is 151 cm³/mol. The maximum atomic E-state index is 6.99. The highest BCUT2D eigenvalue weighted by Gasteiger charge is 2.40. The topological polar surface area (TPSA) is 74.2 Å². The Morgan fingerprint density at radius 3 is 2.27 bits per heavy atom. The fraction of sp³-hybridized carbons (Fsp3) is 0.400. The molecule has 2 aliphatic rings. The van der Waals surface area contributed by atoms with Crippen LogP contribution in [0.4, 0.5) is 11.4 Å². The zero-order valence-corrected chi connectivity index (χ0v) is 22.3. The molecule has 2 aliphatic heterocycles. The van der Waals surface area contributed by atoms with Gasteiger partial charge >= 0.3 is 0 Å². The molecule has 1 fully saturated rings. The second-order valence-corrected chi connectivity index (χ2v) is 10.3. The van der Waals surface area contributed by atoms with Crippen LogP contribution in [0.3, 0.4) is 0 Å². The molecule has 196 valence electrons.